The number of carbonyl (C=O) groups is 2. The standard InChI is InChI=1S/C25H27N3O2/c1-25(2,3)27-23(29)22(21-16-10-11-17-26-21)28(18-19-12-6-4-7-13-19)24(30)20-14-8-5-9-15-20/h4-17,22H,18H2,1-3H3,(H,27,29). The van der Waals surface area contributed by atoms with Crippen molar-refractivity contribution in [3.05, 3.63) is 102 Å². The minimum atomic E-state index is -0.863. The fraction of sp³-hybridized carbons (Fsp3) is 0.240. The highest BCUT2D eigenvalue weighted by atomic mass is 16.2. The molecule has 2 aromatic carbocycles. The van der Waals surface area contributed by atoms with Crippen LogP contribution in [0, 0.1) is 0 Å². The van der Waals surface area contributed by atoms with Gasteiger partial charge in [0.2, 0.25) is 5.91 Å². The largest absolute Gasteiger partial charge is 0.349 e. The second-order valence-electron chi connectivity index (χ2n) is 8.18. The summed E-state index contributed by atoms with van der Waals surface area (Å²) in [5.41, 5.74) is 1.54. The number of carbonyl (C=O) groups excluding carboxylic acids is 2. The predicted molar refractivity (Wildman–Crippen MR) is 118 cm³/mol. The molecule has 0 aliphatic rings. The van der Waals surface area contributed by atoms with Gasteiger partial charge in [0.1, 0.15) is 0 Å². The number of hydrogen-bond donors (Lipinski definition) is 1. The van der Waals surface area contributed by atoms with Crippen LogP contribution in [0.1, 0.15) is 48.4 Å². The van der Waals surface area contributed by atoms with Crippen molar-refractivity contribution in [2.75, 3.05) is 0 Å². The maximum absolute atomic E-state index is 13.6. The van der Waals surface area contributed by atoms with Crippen molar-refractivity contribution in [1.29, 1.82) is 0 Å². The molecule has 154 valence electrons. The fourth-order valence-electron chi connectivity index (χ4n) is 3.22. The summed E-state index contributed by atoms with van der Waals surface area (Å²) in [6.07, 6.45) is 1.64. The third-order valence-electron chi connectivity index (χ3n) is 4.50. The zero-order valence-electron chi connectivity index (χ0n) is 17.6. The van der Waals surface area contributed by atoms with E-state index >= 15 is 0 Å². The Morgan fingerprint density at radius 2 is 1.50 bits per heavy atom. The molecule has 0 aliphatic carbocycles. The smallest absolute Gasteiger partial charge is 0.255 e. The molecule has 0 saturated heterocycles. The van der Waals surface area contributed by atoms with Crippen molar-refractivity contribution in [3.8, 4) is 0 Å². The summed E-state index contributed by atoms with van der Waals surface area (Å²) in [5, 5.41) is 3.02. The van der Waals surface area contributed by atoms with E-state index < -0.39 is 11.6 Å². The van der Waals surface area contributed by atoms with Crippen LogP contribution >= 0.6 is 0 Å². The minimum absolute atomic E-state index is 0.223. The molecular formula is C25H27N3O2. The number of benzene rings is 2. The van der Waals surface area contributed by atoms with E-state index in [-0.39, 0.29) is 18.4 Å². The third-order valence-corrected chi connectivity index (χ3v) is 4.50. The summed E-state index contributed by atoms with van der Waals surface area (Å²) in [7, 11) is 0. The van der Waals surface area contributed by atoms with E-state index in [1.54, 1.807) is 35.4 Å². The molecule has 1 unspecified atom stereocenters. The molecule has 0 radical (unpaired) electrons. The Kier molecular flexibility index (Phi) is 6.62. The van der Waals surface area contributed by atoms with E-state index in [1.165, 1.54) is 0 Å². The van der Waals surface area contributed by atoms with Crippen molar-refractivity contribution in [2.45, 2.75) is 38.9 Å². The van der Waals surface area contributed by atoms with Crippen LogP contribution in [0.15, 0.2) is 85.1 Å². The SMILES string of the molecule is CC(C)(C)NC(=O)C(c1ccccn1)N(Cc1ccccc1)C(=O)c1ccccc1. The van der Waals surface area contributed by atoms with Gasteiger partial charge in [0, 0.05) is 23.8 Å². The highest BCUT2D eigenvalue weighted by molar-refractivity contribution is 5.97. The molecule has 30 heavy (non-hydrogen) atoms. The molecule has 1 heterocycles. The Labute approximate surface area is 177 Å². The molecule has 2 amide bonds. The lowest BCUT2D eigenvalue weighted by Gasteiger charge is -2.33. The lowest BCUT2D eigenvalue weighted by Crippen LogP contribution is -2.49. The van der Waals surface area contributed by atoms with Crippen LogP contribution in [0.5, 0.6) is 0 Å². The zero-order valence-corrected chi connectivity index (χ0v) is 17.6. The average molecular weight is 402 g/mol. The van der Waals surface area contributed by atoms with E-state index in [1.807, 2.05) is 75.4 Å². The number of hydrogen-bond acceptors (Lipinski definition) is 3. The Hall–Kier alpha value is -3.47. The molecule has 0 fully saturated rings. The Balaban J connectivity index is 2.07. The second-order valence-corrected chi connectivity index (χ2v) is 8.18. The number of nitrogens with zero attached hydrogens (tertiary/aromatic N) is 2. The number of aromatic nitrogens is 1. The van der Waals surface area contributed by atoms with Gasteiger partial charge in [-0.2, -0.15) is 0 Å². The van der Waals surface area contributed by atoms with Gasteiger partial charge in [-0.3, -0.25) is 14.6 Å². The fourth-order valence-corrected chi connectivity index (χ4v) is 3.22. The van der Waals surface area contributed by atoms with Gasteiger partial charge < -0.3 is 10.2 Å². The number of rotatable bonds is 6. The maximum atomic E-state index is 13.6. The van der Waals surface area contributed by atoms with Crippen LogP contribution in [-0.2, 0) is 11.3 Å². The first-order chi connectivity index (χ1) is 14.3. The van der Waals surface area contributed by atoms with Crippen LogP contribution in [-0.4, -0.2) is 27.2 Å². The summed E-state index contributed by atoms with van der Waals surface area (Å²) in [6.45, 7) is 6.04. The van der Waals surface area contributed by atoms with Crippen molar-refractivity contribution < 1.29 is 9.59 Å². The quantitative estimate of drug-likeness (QED) is 0.667. The van der Waals surface area contributed by atoms with Gasteiger partial charge in [-0.1, -0.05) is 54.6 Å². The summed E-state index contributed by atoms with van der Waals surface area (Å²) in [6, 6.07) is 23.2. The van der Waals surface area contributed by atoms with Crippen molar-refractivity contribution in [2.24, 2.45) is 0 Å². The summed E-state index contributed by atoms with van der Waals surface area (Å²) in [5.74, 6) is -0.486. The van der Waals surface area contributed by atoms with E-state index in [2.05, 4.69) is 10.3 Å². The van der Waals surface area contributed by atoms with Gasteiger partial charge in [-0.15, -0.1) is 0 Å². The van der Waals surface area contributed by atoms with E-state index in [0.717, 1.165) is 5.56 Å². The molecule has 1 aromatic heterocycles. The first-order valence-corrected chi connectivity index (χ1v) is 9.98. The molecule has 0 bridgehead atoms. The van der Waals surface area contributed by atoms with Crippen LogP contribution in [0.25, 0.3) is 0 Å². The van der Waals surface area contributed by atoms with Gasteiger partial charge in [0.15, 0.2) is 6.04 Å². The Morgan fingerprint density at radius 3 is 2.07 bits per heavy atom. The molecule has 1 N–H and O–H groups in total. The van der Waals surface area contributed by atoms with Crippen molar-refractivity contribution in [3.63, 3.8) is 0 Å². The molecule has 3 aromatic rings. The summed E-state index contributed by atoms with van der Waals surface area (Å²) < 4.78 is 0. The van der Waals surface area contributed by atoms with Gasteiger partial charge >= 0.3 is 0 Å². The molecule has 0 aliphatic heterocycles. The number of pyridine rings is 1. The topological polar surface area (TPSA) is 62.3 Å². The van der Waals surface area contributed by atoms with Crippen molar-refractivity contribution in [1.82, 2.24) is 15.2 Å². The van der Waals surface area contributed by atoms with Gasteiger partial charge in [-0.05, 0) is 50.6 Å². The highest BCUT2D eigenvalue weighted by Crippen LogP contribution is 2.25. The van der Waals surface area contributed by atoms with Gasteiger partial charge in [0.25, 0.3) is 5.91 Å². The minimum Gasteiger partial charge on any atom is -0.349 e. The first-order valence-electron chi connectivity index (χ1n) is 9.98. The molecular weight excluding hydrogens is 374 g/mol. The molecule has 0 spiro atoms. The predicted octanol–water partition coefficient (Wildman–Crippen LogP) is 4.38. The van der Waals surface area contributed by atoms with Crippen LogP contribution in [0.4, 0.5) is 0 Å². The third kappa shape index (κ3) is 5.54. The van der Waals surface area contributed by atoms with Gasteiger partial charge in [0.05, 0.1) is 5.69 Å². The lowest BCUT2D eigenvalue weighted by atomic mass is 10.0. The van der Waals surface area contributed by atoms with Crippen LogP contribution < -0.4 is 5.32 Å². The van der Waals surface area contributed by atoms with E-state index in [0.29, 0.717) is 11.3 Å². The number of amides is 2. The van der Waals surface area contributed by atoms with Gasteiger partial charge in [-0.25, -0.2) is 0 Å². The average Bonchev–Trinajstić information content (AvgIpc) is 2.73. The van der Waals surface area contributed by atoms with Crippen LogP contribution in [0.3, 0.4) is 0 Å². The van der Waals surface area contributed by atoms with E-state index in [9.17, 15) is 9.59 Å². The Bertz CT molecular complexity index is 968. The molecule has 5 nitrogen and oxygen atoms in total. The first kappa shape index (κ1) is 21.2. The summed E-state index contributed by atoms with van der Waals surface area (Å²) >= 11 is 0. The van der Waals surface area contributed by atoms with E-state index in [4.69, 9.17) is 0 Å². The highest BCUT2D eigenvalue weighted by Gasteiger charge is 2.34. The molecule has 1 atom stereocenters. The van der Waals surface area contributed by atoms with Crippen LogP contribution in [0.2, 0.25) is 0 Å². The lowest BCUT2D eigenvalue weighted by molar-refractivity contribution is -0.127. The zero-order chi connectivity index (χ0) is 21.6. The monoisotopic (exact) mass is 401 g/mol. The Morgan fingerprint density at radius 1 is 0.900 bits per heavy atom. The maximum Gasteiger partial charge on any atom is 0.255 e. The molecule has 0 saturated carbocycles. The molecule has 3 rings (SSSR count). The van der Waals surface area contributed by atoms with Crippen molar-refractivity contribution >= 4 is 11.8 Å². The summed E-state index contributed by atoms with van der Waals surface area (Å²) in [4.78, 5) is 32.9. The molecule has 5 heteroatoms. The second kappa shape index (κ2) is 9.35. The number of nitrogens with one attached hydrogen (secondary N) is 1. The normalized spacial score (nSPS) is 12.1.